The number of aliphatic hydroxyl groups is 1. The minimum absolute atomic E-state index is 0.105. The van der Waals surface area contributed by atoms with Gasteiger partial charge >= 0.3 is 0 Å². The van der Waals surface area contributed by atoms with Crippen LogP contribution in [-0.4, -0.2) is 11.0 Å². The first kappa shape index (κ1) is 10.2. The number of carbonyl (C=O) groups is 1. The summed E-state index contributed by atoms with van der Waals surface area (Å²) in [6, 6.07) is 8.33. The van der Waals surface area contributed by atoms with Crippen LogP contribution in [0.25, 0.3) is 0 Å². The van der Waals surface area contributed by atoms with Crippen LogP contribution in [0.4, 0.5) is 0 Å². The van der Waals surface area contributed by atoms with Gasteiger partial charge in [-0.1, -0.05) is 12.1 Å². The van der Waals surface area contributed by atoms with E-state index in [0.29, 0.717) is 11.1 Å². The molecule has 1 amide bonds. The number of nitrogens with two attached hydrogens (primary N) is 1. The van der Waals surface area contributed by atoms with Gasteiger partial charge in [-0.3, -0.25) is 4.79 Å². The SMILES string of the molecule is N#Cc1ccc(C(O)CC(N)=O)cc1. The summed E-state index contributed by atoms with van der Waals surface area (Å²) in [4.78, 5) is 10.5. The molecule has 0 saturated carbocycles. The van der Waals surface area contributed by atoms with Gasteiger partial charge in [0.2, 0.25) is 5.91 Å². The van der Waals surface area contributed by atoms with Crippen LogP contribution in [0.1, 0.15) is 23.7 Å². The molecule has 0 aliphatic carbocycles. The molecule has 4 nitrogen and oxygen atoms in total. The number of nitrogens with zero attached hydrogens (tertiary/aromatic N) is 1. The van der Waals surface area contributed by atoms with Crippen LogP contribution >= 0.6 is 0 Å². The van der Waals surface area contributed by atoms with Crippen molar-refractivity contribution in [2.45, 2.75) is 12.5 Å². The second-order valence-corrected chi connectivity index (χ2v) is 2.92. The number of amides is 1. The number of hydrogen-bond donors (Lipinski definition) is 2. The van der Waals surface area contributed by atoms with E-state index in [4.69, 9.17) is 11.0 Å². The molecule has 3 N–H and O–H groups in total. The van der Waals surface area contributed by atoms with Gasteiger partial charge in [0.1, 0.15) is 0 Å². The Morgan fingerprint density at radius 1 is 1.50 bits per heavy atom. The van der Waals surface area contributed by atoms with E-state index >= 15 is 0 Å². The van der Waals surface area contributed by atoms with Crippen molar-refractivity contribution in [2.75, 3.05) is 0 Å². The largest absolute Gasteiger partial charge is 0.388 e. The molecule has 0 aliphatic heterocycles. The lowest BCUT2D eigenvalue weighted by atomic mass is 10.0. The molecule has 1 aromatic rings. The molecular formula is C10H10N2O2. The first-order valence-electron chi connectivity index (χ1n) is 4.10. The Bertz CT molecular complexity index is 365. The second kappa shape index (κ2) is 4.40. The van der Waals surface area contributed by atoms with Gasteiger partial charge in [-0.2, -0.15) is 5.26 Å². The lowest BCUT2D eigenvalue weighted by molar-refractivity contribution is -0.119. The maximum Gasteiger partial charge on any atom is 0.220 e. The molecule has 0 radical (unpaired) electrons. The number of benzene rings is 1. The Kier molecular flexibility index (Phi) is 3.21. The van der Waals surface area contributed by atoms with E-state index < -0.39 is 12.0 Å². The number of nitriles is 1. The molecule has 0 saturated heterocycles. The van der Waals surface area contributed by atoms with Gasteiger partial charge in [0.05, 0.1) is 24.2 Å². The smallest absolute Gasteiger partial charge is 0.220 e. The van der Waals surface area contributed by atoms with Crippen LogP contribution in [0.15, 0.2) is 24.3 Å². The summed E-state index contributed by atoms with van der Waals surface area (Å²) in [6.07, 6.45) is -0.994. The molecule has 4 heteroatoms. The number of hydrogen-bond acceptors (Lipinski definition) is 3. The van der Waals surface area contributed by atoms with Crippen molar-refractivity contribution in [3.05, 3.63) is 35.4 Å². The quantitative estimate of drug-likeness (QED) is 0.726. The van der Waals surface area contributed by atoms with Crippen molar-refractivity contribution < 1.29 is 9.90 Å². The molecule has 1 rings (SSSR count). The van der Waals surface area contributed by atoms with Crippen molar-refractivity contribution in [3.63, 3.8) is 0 Å². The Hall–Kier alpha value is -1.86. The highest BCUT2D eigenvalue weighted by atomic mass is 16.3. The van der Waals surface area contributed by atoms with E-state index in [9.17, 15) is 9.90 Å². The molecule has 0 bridgehead atoms. The molecule has 0 aliphatic rings. The van der Waals surface area contributed by atoms with Crippen LogP contribution in [0.3, 0.4) is 0 Å². The first-order chi connectivity index (χ1) is 6.63. The maximum atomic E-state index is 10.5. The van der Waals surface area contributed by atoms with E-state index in [1.807, 2.05) is 6.07 Å². The molecule has 1 atom stereocenters. The molecule has 0 spiro atoms. The van der Waals surface area contributed by atoms with Gasteiger partial charge in [-0.15, -0.1) is 0 Å². The summed E-state index contributed by atoms with van der Waals surface area (Å²) in [6.45, 7) is 0. The molecule has 1 unspecified atom stereocenters. The Morgan fingerprint density at radius 3 is 2.50 bits per heavy atom. The van der Waals surface area contributed by atoms with Gasteiger partial charge < -0.3 is 10.8 Å². The van der Waals surface area contributed by atoms with E-state index in [-0.39, 0.29) is 6.42 Å². The number of carbonyl (C=O) groups excluding carboxylic acids is 1. The Labute approximate surface area is 81.6 Å². The highest BCUT2D eigenvalue weighted by molar-refractivity contribution is 5.74. The summed E-state index contributed by atoms with van der Waals surface area (Å²) in [5.41, 5.74) is 6.04. The van der Waals surface area contributed by atoms with E-state index in [0.717, 1.165) is 0 Å². The van der Waals surface area contributed by atoms with Crippen molar-refractivity contribution in [2.24, 2.45) is 5.73 Å². The minimum atomic E-state index is -0.889. The summed E-state index contributed by atoms with van der Waals surface area (Å²) in [5.74, 6) is -0.554. The van der Waals surface area contributed by atoms with Crippen LogP contribution in [0, 0.1) is 11.3 Å². The lowest BCUT2D eigenvalue weighted by Gasteiger charge is -2.07. The third-order valence-electron chi connectivity index (χ3n) is 1.82. The summed E-state index contributed by atoms with van der Waals surface area (Å²) in [5, 5.41) is 18.0. The zero-order valence-corrected chi connectivity index (χ0v) is 7.47. The molecule has 1 aromatic carbocycles. The van der Waals surface area contributed by atoms with E-state index in [1.54, 1.807) is 24.3 Å². The van der Waals surface area contributed by atoms with Gasteiger partial charge in [0.15, 0.2) is 0 Å². The molecule has 0 aromatic heterocycles. The zero-order valence-electron chi connectivity index (χ0n) is 7.47. The van der Waals surface area contributed by atoms with Crippen molar-refractivity contribution in [3.8, 4) is 6.07 Å². The highest BCUT2D eigenvalue weighted by Crippen LogP contribution is 2.16. The van der Waals surface area contributed by atoms with Crippen LogP contribution < -0.4 is 5.73 Å². The first-order valence-corrected chi connectivity index (χ1v) is 4.10. The fourth-order valence-electron chi connectivity index (χ4n) is 1.09. The van der Waals surface area contributed by atoms with Crippen molar-refractivity contribution >= 4 is 5.91 Å². The fourth-order valence-corrected chi connectivity index (χ4v) is 1.09. The van der Waals surface area contributed by atoms with Crippen LogP contribution in [-0.2, 0) is 4.79 Å². The monoisotopic (exact) mass is 190 g/mol. The summed E-state index contributed by atoms with van der Waals surface area (Å²) >= 11 is 0. The topological polar surface area (TPSA) is 87.1 Å². The van der Waals surface area contributed by atoms with Crippen LogP contribution in [0.2, 0.25) is 0 Å². The molecule has 0 fully saturated rings. The maximum absolute atomic E-state index is 10.5. The van der Waals surface area contributed by atoms with Gasteiger partial charge in [-0.25, -0.2) is 0 Å². The third kappa shape index (κ3) is 2.57. The zero-order chi connectivity index (χ0) is 10.6. The van der Waals surface area contributed by atoms with E-state index in [2.05, 4.69) is 0 Å². The van der Waals surface area contributed by atoms with Crippen molar-refractivity contribution in [1.29, 1.82) is 5.26 Å². The van der Waals surface area contributed by atoms with Crippen LogP contribution in [0.5, 0.6) is 0 Å². The molecular weight excluding hydrogens is 180 g/mol. The predicted molar refractivity (Wildman–Crippen MR) is 49.9 cm³/mol. The summed E-state index contributed by atoms with van der Waals surface area (Å²) < 4.78 is 0. The second-order valence-electron chi connectivity index (χ2n) is 2.92. The summed E-state index contributed by atoms with van der Waals surface area (Å²) in [7, 11) is 0. The van der Waals surface area contributed by atoms with Gasteiger partial charge in [-0.05, 0) is 17.7 Å². The molecule has 14 heavy (non-hydrogen) atoms. The van der Waals surface area contributed by atoms with E-state index in [1.165, 1.54) is 0 Å². The Morgan fingerprint density at radius 2 is 2.07 bits per heavy atom. The van der Waals surface area contributed by atoms with Crippen molar-refractivity contribution in [1.82, 2.24) is 0 Å². The fraction of sp³-hybridized carbons (Fsp3) is 0.200. The lowest BCUT2D eigenvalue weighted by Crippen LogP contribution is -2.14. The highest BCUT2D eigenvalue weighted by Gasteiger charge is 2.09. The minimum Gasteiger partial charge on any atom is -0.388 e. The third-order valence-corrected chi connectivity index (χ3v) is 1.82. The number of primary amides is 1. The standard InChI is InChI=1S/C10H10N2O2/c11-6-7-1-3-8(4-2-7)9(13)5-10(12)14/h1-4,9,13H,5H2,(H2,12,14). The Balaban J connectivity index is 2.77. The molecule has 0 heterocycles. The predicted octanol–water partition coefficient (Wildman–Crippen LogP) is 0.467. The average Bonchev–Trinajstić information content (AvgIpc) is 2.17. The van der Waals surface area contributed by atoms with Gasteiger partial charge in [0.25, 0.3) is 0 Å². The number of rotatable bonds is 3. The van der Waals surface area contributed by atoms with Gasteiger partial charge in [0, 0.05) is 0 Å². The average molecular weight is 190 g/mol. The number of aliphatic hydroxyl groups excluding tert-OH is 1. The normalized spacial score (nSPS) is 11.7. The molecule has 72 valence electrons.